The van der Waals surface area contributed by atoms with Crippen LogP contribution in [0.15, 0.2) is 65.6 Å². The summed E-state index contributed by atoms with van der Waals surface area (Å²) in [6.45, 7) is 3.04. The van der Waals surface area contributed by atoms with Crippen LogP contribution >= 0.6 is 11.6 Å². The molecule has 0 spiro atoms. The van der Waals surface area contributed by atoms with E-state index in [1.807, 2.05) is 44.2 Å². The number of rotatable bonds is 8. The Morgan fingerprint density at radius 3 is 2.32 bits per heavy atom. The summed E-state index contributed by atoms with van der Waals surface area (Å²) in [6.07, 6.45) is 0. The van der Waals surface area contributed by atoms with Crippen LogP contribution in [0.5, 0.6) is 0 Å². The van der Waals surface area contributed by atoms with E-state index in [1.54, 1.807) is 30.3 Å². The molecule has 178 valence electrons. The highest BCUT2D eigenvalue weighted by Gasteiger charge is 2.26. The first-order valence-corrected chi connectivity index (χ1v) is 11.9. The van der Waals surface area contributed by atoms with Gasteiger partial charge in [0.2, 0.25) is 0 Å². The lowest BCUT2D eigenvalue weighted by molar-refractivity contribution is -0.143. The van der Waals surface area contributed by atoms with Gasteiger partial charge in [0.1, 0.15) is 0 Å². The lowest BCUT2D eigenvalue weighted by Gasteiger charge is -2.23. The van der Waals surface area contributed by atoms with E-state index >= 15 is 0 Å². The molecule has 0 aliphatic carbocycles. The molecule has 7 nitrogen and oxygen atoms in total. The molecule has 0 heterocycles. The molecule has 0 aromatic heterocycles. The van der Waals surface area contributed by atoms with Crippen molar-refractivity contribution in [2.24, 2.45) is 0 Å². The molecule has 0 radical (unpaired) electrons. The summed E-state index contributed by atoms with van der Waals surface area (Å²) < 4.78 is 15.9. The summed E-state index contributed by atoms with van der Waals surface area (Å²) in [5.41, 5.74) is 4.31. The lowest BCUT2D eigenvalue weighted by Crippen LogP contribution is -2.44. The van der Waals surface area contributed by atoms with E-state index in [0.717, 1.165) is 27.2 Å². The highest BCUT2D eigenvalue weighted by atomic mass is 35.5. The number of nitrogens with zero attached hydrogens (tertiary/aromatic N) is 1. The van der Waals surface area contributed by atoms with Gasteiger partial charge in [-0.15, -0.1) is 0 Å². The zero-order chi connectivity index (χ0) is 25.0. The number of carbonyl (C=O) groups excluding carboxylic acids is 1. The molecule has 0 bridgehead atoms. The zero-order valence-electron chi connectivity index (χ0n) is 18.9. The molecule has 0 aliphatic rings. The number of anilines is 1. The Morgan fingerprint density at radius 1 is 1.03 bits per heavy atom. The number of amides is 1. The van der Waals surface area contributed by atoms with Gasteiger partial charge in [0, 0.05) is 23.3 Å². The van der Waals surface area contributed by atoms with Crippen molar-refractivity contribution in [2.75, 3.05) is 18.4 Å². The van der Waals surface area contributed by atoms with E-state index in [2.05, 4.69) is 4.72 Å². The fourth-order valence-corrected chi connectivity index (χ4v) is 4.70. The summed E-state index contributed by atoms with van der Waals surface area (Å²) in [5.74, 6) is -1.78. The molecule has 2 atom stereocenters. The van der Waals surface area contributed by atoms with Crippen LogP contribution < -0.4 is 4.72 Å². The quantitative estimate of drug-likeness (QED) is 0.428. The standard InChI is InChI=1S/C25H25ClN2O5S/c1-15-12-23(16(2)11-21(15)26)34(33)27-20-6-4-5-19(13-20)17-7-9-18(10-8-17)24(30)28(3)22(14-29)25(31)32/h4-13,22,27,29H,14H2,1-3H3,(H,31,32). The second-order valence-corrected chi connectivity index (χ2v) is 9.44. The second kappa shape index (κ2) is 10.8. The first-order valence-electron chi connectivity index (χ1n) is 10.4. The van der Waals surface area contributed by atoms with Crippen LogP contribution in [-0.2, 0) is 15.8 Å². The predicted molar refractivity (Wildman–Crippen MR) is 133 cm³/mol. The van der Waals surface area contributed by atoms with Gasteiger partial charge in [0.05, 0.1) is 11.5 Å². The van der Waals surface area contributed by atoms with Crippen LogP contribution in [0.25, 0.3) is 11.1 Å². The van der Waals surface area contributed by atoms with Crippen LogP contribution in [0.4, 0.5) is 5.69 Å². The molecule has 3 rings (SSSR count). The maximum absolute atomic E-state index is 12.9. The van der Waals surface area contributed by atoms with Gasteiger partial charge in [-0.3, -0.25) is 4.79 Å². The molecular formula is C25H25ClN2O5S. The highest BCUT2D eigenvalue weighted by Crippen LogP contribution is 2.27. The molecule has 1 amide bonds. The number of carboxylic acid groups (broad SMARTS) is 1. The normalized spacial score (nSPS) is 12.6. The third-order valence-electron chi connectivity index (χ3n) is 5.44. The minimum Gasteiger partial charge on any atom is -0.480 e. The molecule has 34 heavy (non-hydrogen) atoms. The number of hydrogen-bond donors (Lipinski definition) is 3. The Labute approximate surface area is 205 Å². The number of nitrogens with one attached hydrogen (secondary N) is 1. The smallest absolute Gasteiger partial charge is 0.328 e. The second-order valence-electron chi connectivity index (χ2n) is 7.85. The molecule has 0 aliphatic heterocycles. The number of likely N-dealkylation sites (N-methyl/N-ethyl adjacent to an activating group) is 1. The van der Waals surface area contributed by atoms with Crippen LogP contribution in [0, 0.1) is 13.8 Å². The van der Waals surface area contributed by atoms with Crippen LogP contribution in [0.2, 0.25) is 5.02 Å². The third kappa shape index (κ3) is 5.64. The summed E-state index contributed by atoms with van der Waals surface area (Å²) in [5, 5.41) is 19.0. The Bertz CT molecular complexity index is 1250. The highest BCUT2D eigenvalue weighted by molar-refractivity contribution is 7.86. The van der Waals surface area contributed by atoms with Crippen molar-refractivity contribution in [3.05, 3.63) is 82.4 Å². The topological polar surface area (TPSA) is 107 Å². The monoisotopic (exact) mass is 500 g/mol. The van der Waals surface area contributed by atoms with Crippen molar-refractivity contribution < 1.29 is 24.0 Å². The molecule has 3 aromatic rings. The lowest BCUT2D eigenvalue weighted by atomic mass is 10.0. The first-order chi connectivity index (χ1) is 16.1. The fraction of sp³-hybridized carbons (Fsp3) is 0.200. The number of halogens is 1. The van der Waals surface area contributed by atoms with Crippen molar-refractivity contribution in [3.8, 4) is 11.1 Å². The van der Waals surface area contributed by atoms with Gasteiger partial charge in [-0.2, -0.15) is 0 Å². The molecular weight excluding hydrogens is 476 g/mol. The van der Waals surface area contributed by atoms with Crippen LogP contribution in [0.3, 0.4) is 0 Å². The van der Waals surface area contributed by atoms with E-state index in [4.69, 9.17) is 16.7 Å². The molecule has 2 unspecified atom stereocenters. The average Bonchev–Trinajstić information content (AvgIpc) is 2.81. The summed E-state index contributed by atoms with van der Waals surface area (Å²) in [4.78, 5) is 25.4. The Kier molecular flexibility index (Phi) is 8.09. The zero-order valence-corrected chi connectivity index (χ0v) is 20.5. The van der Waals surface area contributed by atoms with Crippen LogP contribution in [0.1, 0.15) is 21.5 Å². The number of aliphatic hydroxyl groups is 1. The van der Waals surface area contributed by atoms with Gasteiger partial charge in [-0.05, 0) is 72.5 Å². The van der Waals surface area contributed by atoms with Gasteiger partial charge >= 0.3 is 5.97 Å². The fourth-order valence-electron chi connectivity index (χ4n) is 3.40. The van der Waals surface area contributed by atoms with E-state index in [0.29, 0.717) is 21.2 Å². The Balaban J connectivity index is 1.78. The number of hydrogen-bond acceptors (Lipinski definition) is 4. The molecule has 0 saturated heterocycles. The third-order valence-corrected chi connectivity index (χ3v) is 7.11. The number of aryl methyl sites for hydroxylation is 2. The molecule has 9 heteroatoms. The Morgan fingerprint density at radius 2 is 1.71 bits per heavy atom. The van der Waals surface area contributed by atoms with Crippen molar-refractivity contribution in [2.45, 2.75) is 24.8 Å². The molecule has 0 fully saturated rings. The number of benzene rings is 3. The largest absolute Gasteiger partial charge is 0.480 e. The van der Waals surface area contributed by atoms with E-state index < -0.39 is 35.5 Å². The summed E-state index contributed by atoms with van der Waals surface area (Å²) in [7, 11) is -0.143. The maximum Gasteiger partial charge on any atom is 0.328 e. The van der Waals surface area contributed by atoms with Crippen molar-refractivity contribution in [1.29, 1.82) is 0 Å². The van der Waals surface area contributed by atoms with Gasteiger partial charge in [-0.1, -0.05) is 35.9 Å². The minimum absolute atomic E-state index is 0.301. The SMILES string of the molecule is Cc1cc(S(=O)Nc2cccc(-c3ccc(C(=O)N(C)C(CO)C(=O)O)cc3)c2)c(C)cc1Cl. The van der Waals surface area contributed by atoms with Crippen LogP contribution in [-0.4, -0.2) is 50.9 Å². The van der Waals surface area contributed by atoms with Crippen molar-refractivity contribution >= 4 is 40.2 Å². The van der Waals surface area contributed by atoms with Gasteiger partial charge in [0.15, 0.2) is 17.0 Å². The molecule has 0 saturated carbocycles. The van der Waals surface area contributed by atoms with Gasteiger partial charge < -0.3 is 19.8 Å². The molecule has 3 aromatic carbocycles. The number of carbonyl (C=O) groups is 2. The summed E-state index contributed by atoms with van der Waals surface area (Å²) in [6, 6.07) is 16.4. The Hall–Kier alpha value is -3.20. The maximum atomic E-state index is 12.9. The number of aliphatic hydroxyl groups excluding tert-OH is 1. The number of carboxylic acids is 1. The molecule has 3 N–H and O–H groups in total. The van der Waals surface area contributed by atoms with E-state index in [1.165, 1.54) is 7.05 Å². The first kappa shape index (κ1) is 25.4. The predicted octanol–water partition coefficient (Wildman–Crippen LogP) is 4.28. The van der Waals surface area contributed by atoms with E-state index in [-0.39, 0.29) is 0 Å². The van der Waals surface area contributed by atoms with Gasteiger partial charge in [0.25, 0.3) is 5.91 Å². The minimum atomic E-state index is -1.48. The van der Waals surface area contributed by atoms with E-state index in [9.17, 15) is 18.9 Å². The summed E-state index contributed by atoms with van der Waals surface area (Å²) >= 11 is 6.14. The van der Waals surface area contributed by atoms with Crippen molar-refractivity contribution in [3.63, 3.8) is 0 Å². The average molecular weight is 501 g/mol. The van der Waals surface area contributed by atoms with Gasteiger partial charge in [-0.25, -0.2) is 9.00 Å². The number of aliphatic carboxylic acids is 1. The van der Waals surface area contributed by atoms with Crippen molar-refractivity contribution in [1.82, 2.24) is 4.90 Å².